The summed E-state index contributed by atoms with van der Waals surface area (Å²) in [6.07, 6.45) is -0.777. The highest BCUT2D eigenvalue weighted by Crippen LogP contribution is 2.26. The third-order valence-corrected chi connectivity index (χ3v) is 4.81. The highest BCUT2D eigenvalue weighted by Gasteiger charge is 2.24. The van der Waals surface area contributed by atoms with E-state index in [1.807, 2.05) is 24.3 Å². The van der Waals surface area contributed by atoms with Gasteiger partial charge in [-0.25, -0.2) is 4.39 Å². The first-order chi connectivity index (χ1) is 13.0. The Morgan fingerprint density at radius 1 is 1.22 bits per heavy atom. The SMILES string of the molecule is CC(C)c1ccccc1OCC(O)CN1CCOC(c2cccc(F)c2)C1. The van der Waals surface area contributed by atoms with Crippen molar-refractivity contribution in [2.24, 2.45) is 0 Å². The molecule has 0 bridgehead atoms. The highest BCUT2D eigenvalue weighted by molar-refractivity contribution is 5.35. The molecule has 0 saturated carbocycles. The van der Waals surface area contributed by atoms with Crippen molar-refractivity contribution in [2.75, 3.05) is 32.8 Å². The van der Waals surface area contributed by atoms with E-state index in [1.165, 1.54) is 12.1 Å². The number of hydrogen-bond donors (Lipinski definition) is 1. The average Bonchev–Trinajstić information content (AvgIpc) is 2.67. The van der Waals surface area contributed by atoms with Crippen LogP contribution in [0.1, 0.15) is 37.0 Å². The molecule has 0 aliphatic carbocycles. The molecule has 3 rings (SSSR count). The number of hydrogen-bond acceptors (Lipinski definition) is 4. The number of rotatable bonds is 7. The van der Waals surface area contributed by atoms with Crippen molar-refractivity contribution in [1.29, 1.82) is 0 Å². The van der Waals surface area contributed by atoms with E-state index in [-0.39, 0.29) is 18.5 Å². The van der Waals surface area contributed by atoms with E-state index >= 15 is 0 Å². The Morgan fingerprint density at radius 2 is 2.04 bits per heavy atom. The predicted molar refractivity (Wildman–Crippen MR) is 104 cm³/mol. The maximum absolute atomic E-state index is 13.5. The standard InChI is InChI=1S/C22H28FNO3/c1-16(2)20-8-3-4-9-21(20)27-15-19(25)13-24-10-11-26-22(14-24)17-6-5-7-18(23)12-17/h3-9,12,16,19,22,25H,10-11,13-15H2,1-2H3. The molecule has 1 saturated heterocycles. The van der Waals surface area contributed by atoms with Gasteiger partial charge < -0.3 is 14.6 Å². The minimum absolute atomic E-state index is 0.177. The van der Waals surface area contributed by atoms with Crippen LogP contribution in [-0.4, -0.2) is 49.0 Å². The van der Waals surface area contributed by atoms with Crippen LogP contribution >= 0.6 is 0 Å². The van der Waals surface area contributed by atoms with Crippen molar-refractivity contribution in [1.82, 2.24) is 4.90 Å². The van der Waals surface area contributed by atoms with E-state index < -0.39 is 6.10 Å². The van der Waals surface area contributed by atoms with E-state index in [2.05, 4.69) is 24.8 Å². The zero-order chi connectivity index (χ0) is 19.2. The largest absolute Gasteiger partial charge is 0.491 e. The first-order valence-corrected chi connectivity index (χ1v) is 9.52. The van der Waals surface area contributed by atoms with Gasteiger partial charge in [-0.05, 0) is 35.2 Å². The number of aliphatic hydroxyl groups is 1. The Morgan fingerprint density at radius 3 is 2.81 bits per heavy atom. The molecule has 1 fully saturated rings. The third-order valence-electron chi connectivity index (χ3n) is 4.81. The van der Waals surface area contributed by atoms with Gasteiger partial charge in [0.25, 0.3) is 0 Å². The molecule has 1 aliphatic rings. The van der Waals surface area contributed by atoms with Crippen LogP contribution in [0.5, 0.6) is 5.75 Å². The quantitative estimate of drug-likeness (QED) is 0.802. The van der Waals surface area contributed by atoms with Crippen LogP contribution < -0.4 is 4.74 Å². The van der Waals surface area contributed by atoms with Gasteiger partial charge in [-0.1, -0.05) is 44.2 Å². The van der Waals surface area contributed by atoms with Crippen LogP contribution in [0.3, 0.4) is 0 Å². The molecule has 2 aromatic rings. The van der Waals surface area contributed by atoms with Gasteiger partial charge in [0.15, 0.2) is 0 Å². The molecular weight excluding hydrogens is 345 g/mol. The van der Waals surface area contributed by atoms with Crippen molar-refractivity contribution in [3.8, 4) is 5.75 Å². The smallest absolute Gasteiger partial charge is 0.123 e. The molecule has 0 radical (unpaired) electrons. The minimum Gasteiger partial charge on any atom is -0.491 e. The summed E-state index contributed by atoms with van der Waals surface area (Å²) in [7, 11) is 0. The van der Waals surface area contributed by atoms with E-state index in [0.29, 0.717) is 25.6 Å². The number of para-hydroxylation sites is 1. The van der Waals surface area contributed by atoms with Gasteiger partial charge in [0.2, 0.25) is 0 Å². The van der Waals surface area contributed by atoms with E-state index in [4.69, 9.17) is 9.47 Å². The summed E-state index contributed by atoms with van der Waals surface area (Å²) in [5.74, 6) is 0.932. The van der Waals surface area contributed by atoms with Crippen molar-refractivity contribution in [3.05, 3.63) is 65.5 Å². The van der Waals surface area contributed by atoms with Crippen LogP contribution in [0.15, 0.2) is 48.5 Å². The molecule has 0 aromatic heterocycles. The second-order valence-electron chi connectivity index (χ2n) is 7.33. The normalized spacial score (nSPS) is 19.2. The van der Waals surface area contributed by atoms with Gasteiger partial charge in [-0.15, -0.1) is 0 Å². The first-order valence-electron chi connectivity index (χ1n) is 9.52. The van der Waals surface area contributed by atoms with Crippen molar-refractivity contribution in [3.63, 3.8) is 0 Å². The molecule has 4 nitrogen and oxygen atoms in total. The lowest BCUT2D eigenvalue weighted by atomic mass is 10.0. The number of ether oxygens (including phenoxy) is 2. The molecule has 2 unspecified atom stereocenters. The van der Waals surface area contributed by atoms with Gasteiger partial charge in [0.1, 0.15) is 24.3 Å². The van der Waals surface area contributed by atoms with E-state index in [9.17, 15) is 9.50 Å². The number of halogens is 1. The van der Waals surface area contributed by atoms with E-state index in [1.54, 1.807) is 6.07 Å². The molecule has 0 amide bonds. The Kier molecular flexibility index (Phi) is 6.83. The molecule has 27 heavy (non-hydrogen) atoms. The molecule has 0 spiro atoms. The summed E-state index contributed by atoms with van der Waals surface area (Å²) < 4.78 is 25.1. The monoisotopic (exact) mass is 373 g/mol. The Balaban J connectivity index is 1.53. The fraction of sp³-hybridized carbons (Fsp3) is 0.455. The average molecular weight is 373 g/mol. The zero-order valence-corrected chi connectivity index (χ0v) is 16.0. The van der Waals surface area contributed by atoms with E-state index in [0.717, 1.165) is 23.4 Å². The lowest BCUT2D eigenvalue weighted by Gasteiger charge is -2.34. The molecule has 2 aromatic carbocycles. The fourth-order valence-electron chi connectivity index (χ4n) is 3.40. The highest BCUT2D eigenvalue weighted by atomic mass is 19.1. The topological polar surface area (TPSA) is 41.9 Å². The summed E-state index contributed by atoms with van der Waals surface area (Å²) in [5.41, 5.74) is 1.97. The molecule has 2 atom stereocenters. The summed E-state index contributed by atoms with van der Waals surface area (Å²) >= 11 is 0. The number of morpholine rings is 1. The molecule has 1 heterocycles. The maximum Gasteiger partial charge on any atom is 0.123 e. The molecule has 1 N–H and O–H groups in total. The van der Waals surface area contributed by atoms with Crippen LogP contribution in [-0.2, 0) is 4.74 Å². The van der Waals surface area contributed by atoms with Gasteiger partial charge in [-0.2, -0.15) is 0 Å². The Labute approximate surface area is 160 Å². The Bertz CT molecular complexity index is 737. The minimum atomic E-state index is -0.600. The van der Waals surface area contributed by atoms with Gasteiger partial charge in [-0.3, -0.25) is 4.90 Å². The number of aliphatic hydroxyl groups excluding tert-OH is 1. The Hall–Kier alpha value is -1.95. The molecule has 146 valence electrons. The van der Waals surface area contributed by atoms with Crippen LogP contribution in [0, 0.1) is 5.82 Å². The summed E-state index contributed by atoms with van der Waals surface area (Å²) in [4.78, 5) is 2.14. The fourth-order valence-corrected chi connectivity index (χ4v) is 3.40. The number of benzene rings is 2. The lowest BCUT2D eigenvalue weighted by molar-refractivity contribution is -0.0460. The number of β-amino-alcohol motifs (C(OH)–C–C–N with tert-alkyl or cyclic N) is 1. The van der Waals surface area contributed by atoms with Crippen molar-refractivity contribution in [2.45, 2.75) is 32.0 Å². The van der Waals surface area contributed by atoms with Crippen molar-refractivity contribution < 1.29 is 19.0 Å². The third kappa shape index (κ3) is 5.51. The van der Waals surface area contributed by atoms with Gasteiger partial charge >= 0.3 is 0 Å². The summed E-state index contributed by atoms with van der Waals surface area (Å²) in [6.45, 7) is 6.92. The molecule has 5 heteroatoms. The van der Waals surface area contributed by atoms with Crippen molar-refractivity contribution >= 4 is 0 Å². The molecule has 1 aliphatic heterocycles. The lowest BCUT2D eigenvalue weighted by Crippen LogP contribution is -2.43. The maximum atomic E-state index is 13.5. The van der Waals surface area contributed by atoms with Gasteiger partial charge in [0.05, 0.1) is 12.7 Å². The first kappa shape index (κ1) is 19.8. The van der Waals surface area contributed by atoms with Crippen LogP contribution in [0.2, 0.25) is 0 Å². The summed E-state index contributed by atoms with van der Waals surface area (Å²) in [5, 5.41) is 10.4. The second kappa shape index (κ2) is 9.31. The number of nitrogens with zero attached hydrogens (tertiary/aromatic N) is 1. The second-order valence-corrected chi connectivity index (χ2v) is 7.33. The predicted octanol–water partition coefficient (Wildman–Crippen LogP) is 3.76. The molecular formula is C22H28FNO3. The van der Waals surface area contributed by atoms with Gasteiger partial charge in [0, 0.05) is 19.6 Å². The summed E-state index contributed by atoms with van der Waals surface area (Å²) in [6, 6.07) is 14.4. The van der Waals surface area contributed by atoms with Crippen LogP contribution in [0.4, 0.5) is 4.39 Å². The zero-order valence-electron chi connectivity index (χ0n) is 16.0. The van der Waals surface area contributed by atoms with Crippen LogP contribution in [0.25, 0.3) is 0 Å².